The van der Waals surface area contributed by atoms with Gasteiger partial charge in [0, 0.05) is 42.9 Å². The molecule has 0 saturated carbocycles. The number of phenolic OH excluding ortho intramolecular Hbond substituents is 1. The van der Waals surface area contributed by atoms with Crippen LogP contribution < -0.4 is 15.4 Å². The van der Waals surface area contributed by atoms with E-state index >= 15 is 0 Å². The number of amides is 1. The standard InChI is InChI=1S/C28H31F3N4O7/c29-28(30,31)21-15-19(4-6-23(21)42-20-9-12-34(13-10-20)16-26(40)41)35(24(37)7-8-25(38)39)11-1-2-17-14-18(27(32)33)3-5-22(17)36/h1-6,14-15,20,36H,7-13,16H2,(H3,32,33)(H,38,39)(H,40,41). The first-order chi connectivity index (χ1) is 19.7. The van der Waals surface area contributed by atoms with Gasteiger partial charge in [-0.15, -0.1) is 0 Å². The van der Waals surface area contributed by atoms with Gasteiger partial charge in [0.15, 0.2) is 0 Å². The van der Waals surface area contributed by atoms with Crippen LogP contribution in [0, 0.1) is 5.41 Å². The molecule has 6 N–H and O–H groups in total. The van der Waals surface area contributed by atoms with Crippen molar-refractivity contribution in [3.05, 3.63) is 59.2 Å². The third-order valence-electron chi connectivity index (χ3n) is 6.55. The van der Waals surface area contributed by atoms with Crippen molar-refractivity contribution in [1.29, 1.82) is 5.41 Å². The lowest BCUT2D eigenvalue weighted by molar-refractivity contribution is -0.141. The van der Waals surface area contributed by atoms with Crippen molar-refractivity contribution in [2.45, 2.75) is 38.0 Å². The van der Waals surface area contributed by atoms with Crippen LogP contribution in [0.2, 0.25) is 0 Å². The van der Waals surface area contributed by atoms with Crippen LogP contribution in [0.25, 0.3) is 6.08 Å². The molecular formula is C28H31F3N4O7. The van der Waals surface area contributed by atoms with E-state index in [1.54, 1.807) is 4.90 Å². The second-order valence-corrected chi connectivity index (χ2v) is 9.65. The van der Waals surface area contributed by atoms with E-state index in [4.69, 9.17) is 26.1 Å². The van der Waals surface area contributed by atoms with Gasteiger partial charge in [-0.1, -0.05) is 12.2 Å². The van der Waals surface area contributed by atoms with Gasteiger partial charge in [-0.2, -0.15) is 13.2 Å². The van der Waals surface area contributed by atoms with Crippen molar-refractivity contribution in [1.82, 2.24) is 4.90 Å². The Morgan fingerprint density at radius 2 is 1.76 bits per heavy atom. The maximum absolute atomic E-state index is 14.1. The number of alkyl halides is 3. The number of nitrogens with one attached hydrogen (secondary N) is 1. The number of carboxylic acid groups (broad SMARTS) is 2. The van der Waals surface area contributed by atoms with Crippen molar-refractivity contribution < 1.29 is 47.6 Å². The number of halogens is 3. The molecule has 11 nitrogen and oxygen atoms in total. The summed E-state index contributed by atoms with van der Waals surface area (Å²) < 4.78 is 48.0. The highest BCUT2D eigenvalue weighted by atomic mass is 19.4. The SMILES string of the molecule is N=C(N)c1ccc(O)c(C=CCN(C(=O)CCC(=O)O)c2ccc(OC3CCN(CC(=O)O)CC3)c(C(F)(F)F)c2)c1. The van der Waals surface area contributed by atoms with Gasteiger partial charge < -0.3 is 30.7 Å². The van der Waals surface area contributed by atoms with E-state index in [1.807, 2.05) is 0 Å². The molecule has 1 aliphatic rings. The molecule has 1 saturated heterocycles. The van der Waals surface area contributed by atoms with Gasteiger partial charge >= 0.3 is 18.1 Å². The molecule has 226 valence electrons. The summed E-state index contributed by atoms with van der Waals surface area (Å²) in [4.78, 5) is 37.6. The van der Waals surface area contributed by atoms with Gasteiger partial charge in [0.05, 0.1) is 18.5 Å². The van der Waals surface area contributed by atoms with Crippen LogP contribution in [0.3, 0.4) is 0 Å². The molecule has 0 atom stereocenters. The Bertz CT molecular complexity index is 1360. The molecule has 2 aromatic rings. The van der Waals surface area contributed by atoms with E-state index in [1.165, 1.54) is 36.4 Å². The first-order valence-electron chi connectivity index (χ1n) is 12.9. The van der Waals surface area contributed by atoms with Crippen LogP contribution in [0.1, 0.15) is 42.4 Å². The first kappa shape index (κ1) is 31.9. The normalized spacial score (nSPS) is 14.5. The highest BCUT2D eigenvalue weighted by molar-refractivity contribution is 5.96. The molecule has 0 radical (unpaired) electrons. The Balaban J connectivity index is 1.87. The Morgan fingerprint density at radius 1 is 1.07 bits per heavy atom. The molecule has 3 rings (SSSR count). The maximum atomic E-state index is 14.1. The number of nitrogens with two attached hydrogens (primary N) is 1. The van der Waals surface area contributed by atoms with Crippen LogP contribution >= 0.6 is 0 Å². The smallest absolute Gasteiger partial charge is 0.420 e. The summed E-state index contributed by atoms with van der Waals surface area (Å²) in [5.41, 5.74) is 4.77. The fourth-order valence-corrected chi connectivity index (χ4v) is 4.41. The van der Waals surface area contributed by atoms with Gasteiger partial charge in [0.1, 0.15) is 23.4 Å². The number of phenols is 1. The molecule has 0 spiro atoms. The largest absolute Gasteiger partial charge is 0.507 e. The first-order valence-corrected chi connectivity index (χ1v) is 12.9. The van der Waals surface area contributed by atoms with Gasteiger partial charge in [-0.05, 0) is 49.2 Å². The number of benzene rings is 2. The topological polar surface area (TPSA) is 177 Å². The number of rotatable bonds is 12. The predicted octanol–water partition coefficient (Wildman–Crippen LogP) is 3.53. The van der Waals surface area contributed by atoms with Crippen molar-refractivity contribution in [3.63, 3.8) is 0 Å². The lowest BCUT2D eigenvalue weighted by Crippen LogP contribution is -2.40. The second-order valence-electron chi connectivity index (χ2n) is 9.65. The van der Waals surface area contributed by atoms with E-state index in [0.29, 0.717) is 31.5 Å². The number of carboxylic acids is 2. The average molecular weight is 593 g/mol. The zero-order chi connectivity index (χ0) is 31.0. The number of aromatic hydroxyl groups is 1. The van der Waals surface area contributed by atoms with E-state index in [9.17, 15) is 32.7 Å². The maximum Gasteiger partial charge on any atom is 0.420 e. The van der Waals surface area contributed by atoms with Crippen LogP contribution in [0.15, 0.2) is 42.5 Å². The number of amidine groups is 1. The van der Waals surface area contributed by atoms with Crippen LogP contribution in [0.4, 0.5) is 18.9 Å². The lowest BCUT2D eigenvalue weighted by atomic mass is 10.1. The molecule has 1 amide bonds. The van der Waals surface area contributed by atoms with Crippen LogP contribution in [-0.2, 0) is 20.6 Å². The van der Waals surface area contributed by atoms with Crippen molar-refractivity contribution in [3.8, 4) is 11.5 Å². The molecule has 0 aliphatic carbocycles. The van der Waals surface area contributed by atoms with E-state index in [0.717, 1.165) is 17.0 Å². The summed E-state index contributed by atoms with van der Waals surface area (Å²) in [6, 6.07) is 7.30. The summed E-state index contributed by atoms with van der Waals surface area (Å²) in [7, 11) is 0. The van der Waals surface area contributed by atoms with Gasteiger partial charge in [0.2, 0.25) is 5.91 Å². The average Bonchev–Trinajstić information content (AvgIpc) is 2.91. The third-order valence-corrected chi connectivity index (χ3v) is 6.55. The Labute approximate surface area is 239 Å². The number of hydrogen-bond acceptors (Lipinski definition) is 7. The number of hydrogen-bond donors (Lipinski definition) is 5. The number of carbonyl (C=O) groups excluding carboxylic acids is 1. The second kappa shape index (κ2) is 13.9. The number of piperidine rings is 1. The molecule has 1 aliphatic heterocycles. The highest BCUT2D eigenvalue weighted by Crippen LogP contribution is 2.40. The van der Waals surface area contributed by atoms with Gasteiger partial charge in [0.25, 0.3) is 0 Å². The van der Waals surface area contributed by atoms with Crippen LogP contribution in [-0.4, -0.2) is 76.2 Å². The molecule has 2 aromatic carbocycles. The number of likely N-dealkylation sites (tertiary alicyclic amines) is 1. The Morgan fingerprint density at radius 3 is 2.36 bits per heavy atom. The fourth-order valence-electron chi connectivity index (χ4n) is 4.41. The molecule has 42 heavy (non-hydrogen) atoms. The van der Waals surface area contributed by atoms with E-state index in [-0.39, 0.29) is 35.9 Å². The van der Waals surface area contributed by atoms with Gasteiger partial charge in [-0.25, -0.2) is 0 Å². The predicted molar refractivity (Wildman–Crippen MR) is 147 cm³/mol. The molecule has 1 heterocycles. The molecule has 0 bridgehead atoms. The highest BCUT2D eigenvalue weighted by Gasteiger charge is 2.36. The van der Waals surface area contributed by atoms with E-state index in [2.05, 4.69) is 0 Å². The minimum Gasteiger partial charge on any atom is -0.507 e. The number of nitrogen functional groups attached to an aromatic ring is 1. The monoisotopic (exact) mass is 592 g/mol. The number of aliphatic carboxylic acids is 2. The Hall–Kier alpha value is -4.59. The zero-order valence-corrected chi connectivity index (χ0v) is 22.4. The van der Waals surface area contributed by atoms with E-state index < -0.39 is 54.3 Å². The van der Waals surface area contributed by atoms with Gasteiger partial charge in [-0.3, -0.25) is 24.7 Å². The zero-order valence-electron chi connectivity index (χ0n) is 22.4. The molecule has 14 heteroatoms. The third kappa shape index (κ3) is 8.96. The number of carbonyl (C=O) groups is 3. The molecular weight excluding hydrogens is 561 g/mol. The quantitative estimate of drug-likeness (QED) is 0.182. The molecule has 0 unspecified atom stereocenters. The molecule has 0 aromatic heterocycles. The molecule has 1 fully saturated rings. The van der Waals surface area contributed by atoms with Crippen LogP contribution in [0.5, 0.6) is 11.5 Å². The summed E-state index contributed by atoms with van der Waals surface area (Å²) in [5.74, 6) is -3.83. The number of anilines is 1. The number of ether oxygens (including phenoxy) is 1. The lowest BCUT2D eigenvalue weighted by Gasteiger charge is -2.32. The fraction of sp³-hybridized carbons (Fsp3) is 0.357. The van der Waals surface area contributed by atoms with Crippen molar-refractivity contribution in [2.75, 3.05) is 31.1 Å². The summed E-state index contributed by atoms with van der Waals surface area (Å²) in [5, 5.41) is 35.6. The summed E-state index contributed by atoms with van der Waals surface area (Å²) >= 11 is 0. The number of nitrogens with zero attached hydrogens (tertiary/aromatic N) is 2. The van der Waals surface area contributed by atoms with Crippen molar-refractivity contribution >= 4 is 35.4 Å². The summed E-state index contributed by atoms with van der Waals surface area (Å²) in [6.07, 6.45) is -2.96. The summed E-state index contributed by atoms with van der Waals surface area (Å²) in [6.45, 7) is 0.262. The minimum atomic E-state index is -4.85. The van der Waals surface area contributed by atoms with Crippen molar-refractivity contribution in [2.24, 2.45) is 5.73 Å². The minimum absolute atomic E-state index is 0.146. The Kier molecular flexibility index (Phi) is 10.5.